The SMILES string of the molecule is OCCN(CCO)Cc1ccc2nc3c(cc2c1)c(-c1ccccc1)nn3-c1ccccc1. The Balaban J connectivity index is 1.65. The molecular formula is C27H26N4O2. The molecule has 0 atom stereocenters. The molecule has 0 saturated carbocycles. The van der Waals surface area contributed by atoms with Gasteiger partial charge in [0.05, 0.1) is 24.4 Å². The highest BCUT2D eigenvalue weighted by Gasteiger charge is 2.16. The van der Waals surface area contributed by atoms with E-state index in [4.69, 9.17) is 10.1 Å². The third kappa shape index (κ3) is 4.36. The Morgan fingerprint density at radius 3 is 2.18 bits per heavy atom. The Hall–Kier alpha value is -3.58. The number of pyridine rings is 1. The van der Waals surface area contributed by atoms with Crippen LogP contribution in [0.2, 0.25) is 0 Å². The van der Waals surface area contributed by atoms with Crippen LogP contribution in [-0.2, 0) is 6.54 Å². The van der Waals surface area contributed by atoms with Crippen LogP contribution in [0.15, 0.2) is 84.9 Å². The maximum Gasteiger partial charge on any atom is 0.164 e. The van der Waals surface area contributed by atoms with Crippen molar-refractivity contribution < 1.29 is 10.2 Å². The second kappa shape index (κ2) is 9.50. The van der Waals surface area contributed by atoms with Crippen molar-refractivity contribution in [3.05, 3.63) is 90.5 Å². The van der Waals surface area contributed by atoms with Gasteiger partial charge in [0, 0.05) is 36.0 Å². The van der Waals surface area contributed by atoms with Gasteiger partial charge >= 0.3 is 0 Å². The van der Waals surface area contributed by atoms with Crippen molar-refractivity contribution in [2.45, 2.75) is 6.54 Å². The molecule has 166 valence electrons. The van der Waals surface area contributed by atoms with Crippen molar-refractivity contribution in [1.82, 2.24) is 19.7 Å². The Morgan fingerprint density at radius 2 is 1.48 bits per heavy atom. The smallest absolute Gasteiger partial charge is 0.164 e. The highest BCUT2D eigenvalue weighted by Crippen LogP contribution is 2.31. The molecule has 2 heterocycles. The Bertz CT molecular complexity index is 1360. The monoisotopic (exact) mass is 438 g/mol. The van der Waals surface area contributed by atoms with E-state index in [2.05, 4.69) is 30.3 Å². The predicted octanol–water partition coefficient (Wildman–Crippen LogP) is 4.03. The van der Waals surface area contributed by atoms with Crippen LogP contribution in [0, 0.1) is 0 Å². The van der Waals surface area contributed by atoms with Crippen molar-refractivity contribution in [3.63, 3.8) is 0 Å². The summed E-state index contributed by atoms with van der Waals surface area (Å²) in [6.45, 7) is 1.84. The summed E-state index contributed by atoms with van der Waals surface area (Å²) in [5.41, 5.74) is 5.75. The molecule has 6 heteroatoms. The number of aliphatic hydroxyl groups is 2. The molecule has 5 aromatic rings. The first-order valence-corrected chi connectivity index (χ1v) is 11.1. The highest BCUT2D eigenvalue weighted by atomic mass is 16.3. The number of para-hydroxylation sites is 1. The van der Waals surface area contributed by atoms with Gasteiger partial charge in [-0.25, -0.2) is 9.67 Å². The van der Waals surface area contributed by atoms with Gasteiger partial charge in [0.1, 0.15) is 5.69 Å². The van der Waals surface area contributed by atoms with Crippen molar-refractivity contribution in [3.8, 4) is 16.9 Å². The minimum atomic E-state index is 0.0644. The van der Waals surface area contributed by atoms with E-state index < -0.39 is 0 Å². The molecular weight excluding hydrogens is 412 g/mol. The van der Waals surface area contributed by atoms with Gasteiger partial charge < -0.3 is 10.2 Å². The Morgan fingerprint density at radius 1 is 0.788 bits per heavy atom. The van der Waals surface area contributed by atoms with Crippen LogP contribution in [-0.4, -0.2) is 56.2 Å². The van der Waals surface area contributed by atoms with Crippen LogP contribution >= 0.6 is 0 Å². The fraction of sp³-hybridized carbons (Fsp3) is 0.185. The molecule has 0 fully saturated rings. The number of rotatable bonds is 8. The predicted molar refractivity (Wildman–Crippen MR) is 131 cm³/mol. The normalized spacial score (nSPS) is 11.6. The van der Waals surface area contributed by atoms with Gasteiger partial charge in [-0.1, -0.05) is 54.6 Å². The standard InChI is InChI=1S/C27H26N4O2/c32-15-13-30(14-16-33)19-20-11-12-25-22(17-20)18-24-26(21-7-3-1-4-8-21)29-31(27(24)28-25)23-9-5-2-6-10-23/h1-12,17-18,32-33H,13-16,19H2. The lowest BCUT2D eigenvalue weighted by molar-refractivity contribution is 0.156. The van der Waals surface area contributed by atoms with E-state index in [1.54, 1.807) is 0 Å². The number of fused-ring (bicyclic) bond motifs is 2. The minimum absolute atomic E-state index is 0.0644. The first-order chi connectivity index (χ1) is 16.3. The second-order valence-corrected chi connectivity index (χ2v) is 8.07. The summed E-state index contributed by atoms with van der Waals surface area (Å²) in [6, 6.07) is 28.6. The molecule has 2 aromatic heterocycles. The van der Waals surface area contributed by atoms with Gasteiger partial charge in [-0.15, -0.1) is 0 Å². The molecule has 0 aliphatic heterocycles. The molecule has 5 rings (SSSR count). The summed E-state index contributed by atoms with van der Waals surface area (Å²) in [7, 11) is 0. The first-order valence-electron chi connectivity index (χ1n) is 11.1. The zero-order chi connectivity index (χ0) is 22.6. The fourth-order valence-corrected chi connectivity index (χ4v) is 4.22. The first kappa shape index (κ1) is 21.3. The molecule has 0 spiro atoms. The maximum absolute atomic E-state index is 9.32. The Kier molecular flexibility index (Phi) is 6.13. The van der Waals surface area contributed by atoms with E-state index in [1.807, 2.05) is 64.2 Å². The number of aliphatic hydroxyl groups excluding tert-OH is 2. The van der Waals surface area contributed by atoms with Crippen molar-refractivity contribution >= 4 is 21.9 Å². The van der Waals surface area contributed by atoms with Gasteiger partial charge in [-0.05, 0) is 35.9 Å². The summed E-state index contributed by atoms with van der Waals surface area (Å²) in [4.78, 5) is 7.04. The number of aromatic nitrogens is 3. The van der Waals surface area contributed by atoms with E-state index in [0.717, 1.165) is 44.4 Å². The maximum atomic E-state index is 9.32. The van der Waals surface area contributed by atoms with E-state index in [1.165, 1.54) is 0 Å². The van der Waals surface area contributed by atoms with Crippen LogP contribution in [0.5, 0.6) is 0 Å². The molecule has 33 heavy (non-hydrogen) atoms. The van der Waals surface area contributed by atoms with Gasteiger partial charge in [0.15, 0.2) is 5.65 Å². The summed E-state index contributed by atoms with van der Waals surface area (Å²) in [6.07, 6.45) is 0. The average Bonchev–Trinajstić information content (AvgIpc) is 3.22. The average molecular weight is 439 g/mol. The molecule has 0 unspecified atom stereocenters. The lowest BCUT2D eigenvalue weighted by Crippen LogP contribution is -2.29. The van der Waals surface area contributed by atoms with Gasteiger partial charge in [-0.3, -0.25) is 4.90 Å². The molecule has 0 aliphatic rings. The highest BCUT2D eigenvalue weighted by molar-refractivity contribution is 5.99. The molecule has 0 bridgehead atoms. The van der Waals surface area contributed by atoms with E-state index >= 15 is 0 Å². The summed E-state index contributed by atoms with van der Waals surface area (Å²) in [5.74, 6) is 0. The Labute approximate surface area is 192 Å². The third-order valence-electron chi connectivity index (χ3n) is 5.80. The lowest BCUT2D eigenvalue weighted by atomic mass is 10.1. The van der Waals surface area contributed by atoms with Crippen molar-refractivity contribution in [2.75, 3.05) is 26.3 Å². The van der Waals surface area contributed by atoms with Crippen LogP contribution < -0.4 is 0 Å². The minimum Gasteiger partial charge on any atom is -0.395 e. The van der Waals surface area contributed by atoms with Gasteiger partial charge in [0.25, 0.3) is 0 Å². The van der Waals surface area contributed by atoms with Crippen molar-refractivity contribution in [1.29, 1.82) is 0 Å². The summed E-state index contributed by atoms with van der Waals surface area (Å²) >= 11 is 0. The second-order valence-electron chi connectivity index (χ2n) is 8.07. The van der Waals surface area contributed by atoms with E-state index in [9.17, 15) is 10.2 Å². The van der Waals surface area contributed by atoms with E-state index in [-0.39, 0.29) is 13.2 Å². The summed E-state index contributed by atoms with van der Waals surface area (Å²) in [5, 5.41) is 25.6. The molecule has 6 nitrogen and oxygen atoms in total. The number of benzene rings is 3. The number of hydrogen-bond acceptors (Lipinski definition) is 5. The molecule has 3 aromatic carbocycles. The third-order valence-corrected chi connectivity index (χ3v) is 5.80. The molecule has 0 amide bonds. The van der Waals surface area contributed by atoms with Crippen LogP contribution in [0.3, 0.4) is 0 Å². The molecule has 0 saturated heterocycles. The van der Waals surface area contributed by atoms with Crippen molar-refractivity contribution in [2.24, 2.45) is 0 Å². The number of hydrogen-bond donors (Lipinski definition) is 2. The van der Waals surface area contributed by atoms with E-state index in [0.29, 0.717) is 19.6 Å². The van der Waals surface area contributed by atoms with Crippen LogP contribution in [0.4, 0.5) is 0 Å². The number of nitrogens with zero attached hydrogens (tertiary/aromatic N) is 4. The van der Waals surface area contributed by atoms with Crippen LogP contribution in [0.25, 0.3) is 38.9 Å². The lowest BCUT2D eigenvalue weighted by Gasteiger charge is -2.20. The summed E-state index contributed by atoms with van der Waals surface area (Å²) < 4.78 is 1.91. The molecule has 2 N–H and O–H groups in total. The fourth-order valence-electron chi connectivity index (χ4n) is 4.22. The zero-order valence-corrected chi connectivity index (χ0v) is 18.3. The van der Waals surface area contributed by atoms with Gasteiger partial charge in [-0.2, -0.15) is 5.10 Å². The molecule has 0 aliphatic carbocycles. The topological polar surface area (TPSA) is 74.4 Å². The quantitative estimate of drug-likeness (QED) is 0.383. The zero-order valence-electron chi connectivity index (χ0n) is 18.3. The largest absolute Gasteiger partial charge is 0.395 e. The van der Waals surface area contributed by atoms with Crippen LogP contribution in [0.1, 0.15) is 5.56 Å². The molecule has 0 radical (unpaired) electrons. The van der Waals surface area contributed by atoms with Gasteiger partial charge in [0.2, 0.25) is 0 Å².